The molecule has 0 bridgehead atoms. The third-order valence-electron chi connectivity index (χ3n) is 2.14. The van der Waals surface area contributed by atoms with Gasteiger partial charge in [0.05, 0.1) is 7.11 Å². The van der Waals surface area contributed by atoms with Crippen LogP contribution in [0.25, 0.3) is 0 Å². The van der Waals surface area contributed by atoms with Gasteiger partial charge in [-0.05, 0) is 24.6 Å². The minimum Gasteiger partial charge on any atom is -0.466 e. The summed E-state index contributed by atoms with van der Waals surface area (Å²) < 4.78 is 4.47. The number of hydrogen-bond donors (Lipinski definition) is 1. The molecule has 0 saturated heterocycles. The van der Waals surface area contributed by atoms with Gasteiger partial charge in [0.25, 0.3) is 0 Å². The van der Waals surface area contributed by atoms with Crippen LogP contribution in [0.5, 0.6) is 0 Å². The zero-order valence-corrected chi connectivity index (χ0v) is 9.99. The Kier molecular flexibility index (Phi) is 4.86. The molecule has 0 unspecified atom stereocenters. The molecular weight excluding hydrogens is 226 g/mol. The third kappa shape index (κ3) is 3.95. The zero-order valence-electron chi connectivity index (χ0n) is 9.24. The van der Waals surface area contributed by atoms with Gasteiger partial charge < -0.3 is 10.1 Å². The van der Waals surface area contributed by atoms with Gasteiger partial charge in [-0.3, -0.25) is 0 Å². The van der Waals surface area contributed by atoms with Crippen LogP contribution in [0.15, 0.2) is 36.5 Å². The van der Waals surface area contributed by atoms with Gasteiger partial charge in [0.1, 0.15) is 0 Å². The van der Waals surface area contributed by atoms with Crippen LogP contribution < -0.4 is 5.32 Å². The molecule has 0 aliphatic rings. The first kappa shape index (κ1) is 12.6. The van der Waals surface area contributed by atoms with Gasteiger partial charge in [0, 0.05) is 23.3 Å². The van der Waals surface area contributed by atoms with E-state index in [1.54, 1.807) is 6.20 Å². The molecule has 4 heteroatoms. The highest BCUT2D eigenvalue weighted by atomic mass is 35.5. The molecule has 0 radical (unpaired) electrons. The average Bonchev–Trinajstić information content (AvgIpc) is 2.29. The lowest BCUT2D eigenvalue weighted by atomic mass is 10.1. The van der Waals surface area contributed by atoms with Gasteiger partial charge in [-0.1, -0.05) is 23.7 Å². The molecular formula is C12H14ClNO2. The zero-order chi connectivity index (χ0) is 12.0. The van der Waals surface area contributed by atoms with E-state index in [9.17, 15) is 4.79 Å². The van der Waals surface area contributed by atoms with Crippen molar-refractivity contribution in [3.63, 3.8) is 0 Å². The first-order chi connectivity index (χ1) is 7.63. The van der Waals surface area contributed by atoms with Crippen molar-refractivity contribution in [2.75, 3.05) is 7.11 Å². The number of rotatable bonds is 4. The van der Waals surface area contributed by atoms with Crippen molar-refractivity contribution in [2.45, 2.75) is 13.0 Å². The van der Waals surface area contributed by atoms with E-state index in [1.807, 2.05) is 31.2 Å². The summed E-state index contributed by atoms with van der Waals surface area (Å²) in [6.07, 6.45) is 2.91. The molecule has 86 valence electrons. The number of carbonyl (C=O) groups is 1. The van der Waals surface area contributed by atoms with Crippen LogP contribution in [0.4, 0.5) is 0 Å². The van der Waals surface area contributed by atoms with Crippen molar-refractivity contribution in [1.82, 2.24) is 5.32 Å². The lowest BCUT2D eigenvalue weighted by Gasteiger charge is -2.11. The topological polar surface area (TPSA) is 38.3 Å². The Labute approximate surface area is 100 Å². The second-order valence-electron chi connectivity index (χ2n) is 3.30. The van der Waals surface area contributed by atoms with E-state index in [4.69, 9.17) is 11.6 Å². The summed E-state index contributed by atoms with van der Waals surface area (Å²) in [5.74, 6) is -0.379. The Morgan fingerprint density at radius 2 is 2.06 bits per heavy atom. The molecule has 0 aromatic heterocycles. The van der Waals surface area contributed by atoms with E-state index in [-0.39, 0.29) is 12.0 Å². The highest BCUT2D eigenvalue weighted by Gasteiger charge is 2.02. The molecule has 0 aliphatic heterocycles. The number of halogens is 1. The summed E-state index contributed by atoms with van der Waals surface area (Å²) in [5, 5.41) is 3.77. The van der Waals surface area contributed by atoms with Crippen molar-refractivity contribution in [2.24, 2.45) is 0 Å². The molecule has 0 heterocycles. The van der Waals surface area contributed by atoms with Crippen LogP contribution in [0.3, 0.4) is 0 Å². The van der Waals surface area contributed by atoms with Gasteiger partial charge in [-0.15, -0.1) is 0 Å². The second-order valence-corrected chi connectivity index (χ2v) is 3.73. The van der Waals surface area contributed by atoms with Crippen LogP contribution in [-0.2, 0) is 9.53 Å². The summed E-state index contributed by atoms with van der Waals surface area (Å²) >= 11 is 5.79. The molecule has 0 aliphatic carbocycles. The van der Waals surface area contributed by atoms with Crippen LogP contribution in [-0.4, -0.2) is 13.1 Å². The number of benzene rings is 1. The number of ether oxygens (including phenoxy) is 1. The molecule has 16 heavy (non-hydrogen) atoms. The smallest absolute Gasteiger partial charge is 0.331 e. The SMILES string of the molecule is COC(=O)/C=C/N[C@H](C)c1ccc(Cl)cc1. The Hall–Kier alpha value is -1.48. The van der Waals surface area contributed by atoms with Gasteiger partial charge in [0.15, 0.2) is 0 Å². The van der Waals surface area contributed by atoms with E-state index < -0.39 is 0 Å². The molecule has 1 aromatic rings. The molecule has 1 aromatic carbocycles. The van der Waals surface area contributed by atoms with E-state index in [0.717, 1.165) is 5.56 Å². The summed E-state index contributed by atoms with van der Waals surface area (Å²) in [5.41, 5.74) is 1.10. The number of nitrogens with one attached hydrogen (secondary N) is 1. The minimum absolute atomic E-state index is 0.109. The van der Waals surface area contributed by atoms with Crippen LogP contribution in [0.1, 0.15) is 18.5 Å². The summed E-state index contributed by atoms with van der Waals surface area (Å²) in [6.45, 7) is 1.99. The van der Waals surface area contributed by atoms with Crippen molar-refractivity contribution in [3.8, 4) is 0 Å². The molecule has 0 fully saturated rings. The normalized spacial score (nSPS) is 12.4. The molecule has 3 nitrogen and oxygen atoms in total. The maximum absolute atomic E-state index is 10.8. The molecule has 1 rings (SSSR count). The fourth-order valence-corrected chi connectivity index (χ4v) is 1.30. The number of esters is 1. The quantitative estimate of drug-likeness (QED) is 0.649. The first-order valence-electron chi connectivity index (χ1n) is 4.89. The molecule has 1 atom stereocenters. The highest BCUT2D eigenvalue weighted by molar-refractivity contribution is 6.30. The van der Waals surface area contributed by atoms with Crippen LogP contribution in [0, 0.1) is 0 Å². The Morgan fingerprint density at radius 1 is 1.44 bits per heavy atom. The molecule has 1 N–H and O–H groups in total. The van der Waals surface area contributed by atoms with Gasteiger partial charge >= 0.3 is 5.97 Å². The highest BCUT2D eigenvalue weighted by Crippen LogP contribution is 2.15. The monoisotopic (exact) mass is 239 g/mol. The van der Waals surface area contributed by atoms with E-state index in [1.165, 1.54) is 13.2 Å². The van der Waals surface area contributed by atoms with Crippen molar-refractivity contribution >= 4 is 17.6 Å². The third-order valence-corrected chi connectivity index (χ3v) is 2.39. The van der Waals surface area contributed by atoms with Crippen molar-refractivity contribution in [1.29, 1.82) is 0 Å². The molecule has 0 amide bonds. The summed E-state index contributed by atoms with van der Waals surface area (Å²) in [4.78, 5) is 10.8. The summed E-state index contributed by atoms with van der Waals surface area (Å²) in [6, 6.07) is 7.65. The minimum atomic E-state index is -0.379. The summed E-state index contributed by atoms with van der Waals surface area (Å²) in [7, 11) is 1.34. The molecule has 0 spiro atoms. The fraction of sp³-hybridized carbons (Fsp3) is 0.250. The lowest BCUT2D eigenvalue weighted by Crippen LogP contribution is -2.12. The Bertz CT molecular complexity index is 373. The number of hydrogen-bond acceptors (Lipinski definition) is 3. The number of methoxy groups -OCH3 is 1. The van der Waals surface area contributed by atoms with E-state index in [0.29, 0.717) is 5.02 Å². The lowest BCUT2D eigenvalue weighted by molar-refractivity contribution is -0.134. The van der Waals surface area contributed by atoms with Gasteiger partial charge in [0.2, 0.25) is 0 Å². The fourth-order valence-electron chi connectivity index (χ4n) is 1.18. The number of carbonyl (C=O) groups excluding carboxylic acids is 1. The van der Waals surface area contributed by atoms with E-state index >= 15 is 0 Å². The average molecular weight is 240 g/mol. The van der Waals surface area contributed by atoms with Gasteiger partial charge in [-0.2, -0.15) is 0 Å². The van der Waals surface area contributed by atoms with Crippen molar-refractivity contribution in [3.05, 3.63) is 47.1 Å². The molecule has 0 saturated carbocycles. The van der Waals surface area contributed by atoms with Crippen LogP contribution >= 0.6 is 11.6 Å². The largest absolute Gasteiger partial charge is 0.466 e. The Balaban J connectivity index is 2.52. The van der Waals surface area contributed by atoms with E-state index in [2.05, 4.69) is 10.1 Å². The standard InChI is InChI=1S/C12H14ClNO2/c1-9(14-8-7-12(15)16-2)10-3-5-11(13)6-4-10/h3-9,14H,1-2H3/b8-7+/t9-/m1/s1. The first-order valence-corrected chi connectivity index (χ1v) is 5.27. The van der Waals surface area contributed by atoms with Gasteiger partial charge in [-0.25, -0.2) is 4.79 Å². The predicted octanol–water partition coefficient (Wildman–Crippen LogP) is 2.68. The maximum Gasteiger partial charge on any atom is 0.331 e. The Morgan fingerprint density at radius 3 is 2.62 bits per heavy atom. The van der Waals surface area contributed by atoms with Crippen molar-refractivity contribution < 1.29 is 9.53 Å². The van der Waals surface area contributed by atoms with Crippen LogP contribution in [0.2, 0.25) is 5.02 Å². The second kappa shape index (κ2) is 6.18. The predicted molar refractivity (Wildman–Crippen MR) is 64.2 cm³/mol. The maximum atomic E-state index is 10.8.